The van der Waals surface area contributed by atoms with Crippen molar-refractivity contribution in [3.05, 3.63) is 40.8 Å². The molecule has 0 bridgehead atoms. The zero-order chi connectivity index (χ0) is 20.9. The van der Waals surface area contributed by atoms with Crippen molar-refractivity contribution in [2.75, 3.05) is 50.0 Å². The van der Waals surface area contributed by atoms with Gasteiger partial charge >= 0.3 is 0 Å². The summed E-state index contributed by atoms with van der Waals surface area (Å²) in [4.78, 5) is 20.3. The second-order valence-electron chi connectivity index (χ2n) is 7.16. The molecule has 0 amide bonds. The Hall–Kier alpha value is -2.86. The molecule has 168 valence electrons. The van der Waals surface area contributed by atoms with Gasteiger partial charge < -0.3 is 15.4 Å². The summed E-state index contributed by atoms with van der Waals surface area (Å²) < 4.78 is 5.38. The van der Waals surface area contributed by atoms with E-state index >= 15 is 0 Å². The maximum Gasteiger partial charge on any atom is 0.224 e. The number of aromatic nitrogens is 6. The Balaban J connectivity index is 0.00000245. The Morgan fingerprint density at radius 2 is 1.97 bits per heavy atom. The number of H-pyrrole nitrogens is 1. The van der Waals surface area contributed by atoms with Crippen LogP contribution in [0.1, 0.15) is 5.56 Å². The molecular weight excluding hydrogens is 450 g/mol. The summed E-state index contributed by atoms with van der Waals surface area (Å²) in [5.74, 6) is 1.13. The molecule has 0 spiro atoms. The van der Waals surface area contributed by atoms with E-state index in [1.165, 1.54) is 5.56 Å². The minimum atomic E-state index is 0. The van der Waals surface area contributed by atoms with Gasteiger partial charge in [0.25, 0.3) is 0 Å². The maximum absolute atomic E-state index is 5.38. The van der Waals surface area contributed by atoms with Gasteiger partial charge in [-0.25, -0.2) is 15.0 Å². The highest BCUT2D eigenvalue weighted by Gasteiger charge is 2.13. The number of nitrogens with zero attached hydrogens (tertiary/aromatic N) is 6. The first-order valence-corrected chi connectivity index (χ1v) is 11.1. The second kappa shape index (κ2) is 10.6. The van der Waals surface area contributed by atoms with Gasteiger partial charge in [0.1, 0.15) is 0 Å². The van der Waals surface area contributed by atoms with Gasteiger partial charge in [-0.3, -0.25) is 10.00 Å². The van der Waals surface area contributed by atoms with Crippen molar-refractivity contribution >= 4 is 46.7 Å². The Labute approximate surface area is 195 Å². The van der Waals surface area contributed by atoms with Crippen molar-refractivity contribution < 1.29 is 4.74 Å². The van der Waals surface area contributed by atoms with E-state index in [2.05, 4.69) is 62.5 Å². The minimum Gasteiger partial charge on any atom is -0.379 e. The zero-order valence-electron chi connectivity index (χ0n) is 17.3. The number of halogens is 1. The van der Waals surface area contributed by atoms with Gasteiger partial charge in [0.05, 0.1) is 30.0 Å². The molecule has 0 unspecified atom stereocenters. The molecule has 32 heavy (non-hydrogen) atoms. The van der Waals surface area contributed by atoms with E-state index < -0.39 is 0 Å². The van der Waals surface area contributed by atoms with Crippen LogP contribution in [-0.2, 0) is 11.3 Å². The molecule has 10 nitrogen and oxygen atoms in total. The largest absolute Gasteiger partial charge is 0.379 e. The molecule has 0 saturated carbocycles. The van der Waals surface area contributed by atoms with Crippen LogP contribution >= 0.6 is 23.7 Å². The number of aromatic amines is 1. The fourth-order valence-electron chi connectivity index (χ4n) is 3.39. The summed E-state index contributed by atoms with van der Waals surface area (Å²) in [6.45, 7) is 5.91. The lowest BCUT2D eigenvalue weighted by atomic mass is 10.2. The predicted octanol–water partition coefficient (Wildman–Crippen LogP) is 2.65. The number of rotatable bonds is 8. The van der Waals surface area contributed by atoms with E-state index in [-0.39, 0.29) is 12.4 Å². The molecule has 4 aromatic heterocycles. The molecule has 0 aliphatic carbocycles. The fraction of sp³-hybridized carbons (Fsp3) is 0.350. The van der Waals surface area contributed by atoms with Crippen molar-refractivity contribution in [3.63, 3.8) is 0 Å². The number of hydrogen-bond donors (Lipinski definition) is 3. The number of hydrogen-bond acceptors (Lipinski definition) is 10. The number of thiophene rings is 1. The number of fused-ring (bicyclic) bond motifs is 1. The molecule has 0 radical (unpaired) electrons. The second-order valence-corrected chi connectivity index (χ2v) is 7.94. The summed E-state index contributed by atoms with van der Waals surface area (Å²) >= 11 is 1.67. The lowest BCUT2D eigenvalue weighted by Gasteiger charge is -2.26. The van der Waals surface area contributed by atoms with Gasteiger partial charge in [0.15, 0.2) is 5.65 Å². The monoisotopic (exact) mass is 473 g/mol. The Kier molecular flexibility index (Phi) is 7.43. The third-order valence-corrected chi connectivity index (χ3v) is 5.80. The predicted molar refractivity (Wildman–Crippen MR) is 127 cm³/mol. The molecule has 1 saturated heterocycles. The van der Waals surface area contributed by atoms with Crippen molar-refractivity contribution in [1.29, 1.82) is 0 Å². The van der Waals surface area contributed by atoms with Crippen LogP contribution in [-0.4, -0.2) is 74.4 Å². The number of morpholine rings is 1. The molecule has 1 aliphatic rings. The topological polar surface area (TPSA) is 117 Å². The van der Waals surface area contributed by atoms with Crippen LogP contribution in [0.2, 0.25) is 0 Å². The third kappa shape index (κ3) is 5.30. The molecule has 0 atom stereocenters. The molecule has 1 aliphatic heterocycles. The summed E-state index contributed by atoms with van der Waals surface area (Å²) in [6, 6.07) is 3.92. The average Bonchev–Trinajstić information content (AvgIpc) is 3.48. The van der Waals surface area contributed by atoms with Gasteiger partial charge in [-0.2, -0.15) is 21.4 Å². The fourth-order valence-corrected chi connectivity index (χ4v) is 4.06. The first-order valence-electron chi connectivity index (χ1n) is 10.2. The number of ether oxygens (including phenoxy) is 1. The van der Waals surface area contributed by atoms with Crippen LogP contribution in [0.4, 0.5) is 11.9 Å². The first-order chi connectivity index (χ1) is 15.3. The molecule has 5 rings (SSSR count). The van der Waals surface area contributed by atoms with E-state index in [1.807, 2.05) is 6.07 Å². The first kappa shape index (κ1) is 22.3. The molecule has 3 N–H and O–H groups in total. The normalized spacial score (nSPS) is 14.2. The molecular formula is C20H24ClN9OS. The lowest BCUT2D eigenvalue weighted by Crippen LogP contribution is -2.39. The average molecular weight is 474 g/mol. The van der Waals surface area contributed by atoms with Gasteiger partial charge in [0.2, 0.25) is 11.9 Å². The Morgan fingerprint density at radius 1 is 1.09 bits per heavy atom. The smallest absolute Gasteiger partial charge is 0.224 e. The highest BCUT2D eigenvalue weighted by atomic mass is 35.5. The van der Waals surface area contributed by atoms with Crippen LogP contribution in [0.15, 0.2) is 35.3 Å². The molecule has 12 heteroatoms. The molecule has 1 fully saturated rings. The van der Waals surface area contributed by atoms with E-state index in [9.17, 15) is 0 Å². The van der Waals surface area contributed by atoms with Gasteiger partial charge in [-0.15, -0.1) is 12.4 Å². The maximum atomic E-state index is 5.38. The SMILES string of the molecule is Cl.c1cc(-c2[nH]nc3nc(NCCN4CCOCC4)ncc23)nc(NCc2ccsc2)n1. The molecule has 5 heterocycles. The van der Waals surface area contributed by atoms with Crippen LogP contribution in [0.3, 0.4) is 0 Å². The number of anilines is 2. The van der Waals surface area contributed by atoms with Crippen LogP contribution < -0.4 is 10.6 Å². The van der Waals surface area contributed by atoms with Crippen molar-refractivity contribution in [2.45, 2.75) is 6.54 Å². The summed E-state index contributed by atoms with van der Waals surface area (Å²) in [5.41, 5.74) is 3.32. The highest BCUT2D eigenvalue weighted by Crippen LogP contribution is 2.24. The number of nitrogens with one attached hydrogen (secondary N) is 3. The van der Waals surface area contributed by atoms with Crippen LogP contribution in [0, 0.1) is 0 Å². The van der Waals surface area contributed by atoms with Crippen LogP contribution in [0.25, 0.3) is 22.4 Å². The third-order valence-electron chi connectivity index (χ3n) is 5.07. The summed E-state index contributed by atoms with van der Waals surface area (Å²) in [7, 11) is 0. The van der Waals surface area contributed by atoms with Crippen molar-refractivity contribution in [1.82, 2.24) is 35.0 Å². The summed E-state index contributed by atoms with van der Waals surface area (Å²) in [5, 5.41) is 18.9. The van der Waals surface area contributed by atoms with Crippen molar-refractivity contribution in [3.8, 4) is 11.4 Å². The Bertz CT molecular complexity index is 1130. The summed E-state index contributed by atoms with van der Waals surface area (Å²) in [6.07, 6.45) is 3.51. The van der Waals surface area contributed by atoms with Gasteiger partial charge in [-0.05, 0) is 28.5 Å². The standard InChI is InChI=1S/C20H23N9OS.ClH/c1-3-21-19(23-11-14-2-10-31-13-14)25-16(1)17-15-12-24-20(26-18(15)28-27-17)22-4-5-29-6-8-30-9-7-29;/h1-3,10,12-13H,4-9,11H2,(H,21,23,25)(H2,22,24,26,27,28);1H. The zero-order valence-corrected chi connectivity index (χ0v) is 19.0. The molecule has 0 aromatic carbocycles. The van der Waals surface area contributed by atoms with Crippen LogP contribution in [0.5, 0.6) is 0 Å². The van der Waals surface area contributed by atoms with E-state index in [4.69, 9.17) is 4.74 Å². The van der Waals surface area contributed by atoms with E-state index in [0.29, 0.717) is 24.1 Å². The van der Waals surface area contributed by atoms with E-state index in [0.717, 1.165) is 56.2 Å². The molecule has 4 aromatic rings. The van der Waals surface area contributed by atoms with Crippen molar-refractivity contribution in [2.24, 2.45) is 0 Å². The Morgan fingerprint density at radius 3 is 2.81 bits per heavy atom. The highest BCUT2D eigenvalue weighted by molar-refractivity contribution is 7.07. The quantitative estimate of drug-likeness (QED) is 0.355. The minimum absolute atomic E-state index is 0. The van der Waals surface area contributed by atoms with E-state index in [1.54, 1.807) is 23.7 Å². The van der Waals surface area contributed by atoms with Gasteiger partial charge in [-0.1, -0.05) is 0 Å². The lowest BCUT2D eigenvalue weighted by molar-refractivity contribution is 0.0398. The van der Waals surface area contributed by atoms with Gasteiger partial charge in [0, 0.05) is 45.1 Å².